The second kappa shape index (κ2) is 5.46. The van der Waals surface area contributed by atoms with Crippen LogP contribution in [-0.4, -0.2) is 32.5 Å². The minimum atomic E-state index is -0.124. The minimum Gasteiger partial charge on any atom is -0.340 e. The SMILES string of the molecule is CCN(CC(C)C)C(O)=S=O. The van der Waals surface area contributed by atoms with Crippen LogP contribution in [0.25, 0.3) is 0 Å². The van der Waals surface area contributed by atoms with E-state index in [-0.39, 0.29) is 16.4 Å². The Balaban J connectivity index is 4.06. The van der Waals surface area contributed by atoms with Crippen molar-refractivity contribution in [3.63, 3.8) is 0 Å². The summed E-state index contributed by atoms with van der Waals surface area (Å²) in [7, 11) is 0. The lowest BCUT2D eigenvalue weighted by atomic mass is 10.2. The van der Waals surface area contributed by atoms with E-state index in [1.54, 1.807) is 4.90 Å². The molecule has 4 heteroatoms. The number of hydrogen-bond donors (Lipinski definition) is 1. The zero-order valence-electron chi connectivity index (χ0n) is 7.20. The monoisotopic (exact) mass is 177 g/mol. The van der Waals surface area contributed by atoms with Gasteiger partial charge in [-0.05, 0) is 5.92 Å². The molecule has 0 aliphatic rings. The molecular weight excluding hydrogens is 162 g/mol. The van der Waals surface area contributed by atoms with E-state index in [9.17, 15) is 4.21 Å². The van der Waals surface area contributed by atoms with Crippen molar-refractivity contribution in [3.8, 4) is 0 Å². The zero-order chi connectivity index (χ0) is 8.85. The Morgan fingerprint density at radius 3 is 2.45 bits per heavy atom. The summed E-state index contributed by atoms with van der Waals surface area (Å²) in [5, 5.41) is 8.94. The number of rotatable bonds is 3. The first-order valence-corrected chi connectivity index (χ1v) is 4.46. The topological polar surface area (TPSA) is 40.5 Å². The van der Waals surface area contributed by atoms with Crippen molar-refractivity contribution in [2.45, 2.75) is 20.8 Å². The summed E-state index contributed by atoms with van der Waals surface area (Å²) >= 11 is 0.148. The van der Waals surface area contributed by atoms with E-state index in [1.807, 2.05) is 20.8 Å². The Hall–Kier alpha value is -0.190. The molecule has 0 unspecified atom stereocenters. The van der Waals surface area contributed by atoms with Crippen LogP contribution in [0.5, 0.6) is 0 Å². The Kier molecular flexibility index (Phi) is 5.36. The molecule has 0 bridgehead atoms. The molecule has 0 fully saturated rings. The third-order valence-corrected chi connectivity index (χ3v) is 1.72. The number of aliphatic hydroxyl groups is 1. The van der Waals surface area contributed by atoms with E-state index in [2.05, 4.69) is 0 Å². The van der Waals surface area contributed by atoms with Crippen LogP contribution in [0.4, 0.5) is 0 Å². The van der Waals surface area contributed by atoms with Gasteiger partial charge in [-0.2, -0.15) is 0 Å². The van der Waals surface area contributed by atoms with E-state index in [0.29, 0.717) is 12.5 Å². The van der Waals surface area contributed by atoms with Crippen molar-refractivity contribution in [2.24, 2.45) is 5.92 Å². The molecule has 0 aromatic carbocycles. The first-order chi connectivity index (χ1) is 5.11. The smallest absolute Gasteiger partial charge is 0.216 e. The van der Waals surface area contributed by atoms with Gasteiger partial charge in [-0.15, -0.1) is 0 Å². The molecule has 0 aromatic heterocycles. The summed E-state index contributed by atoms with van der Waals surface area (Å²) in [5.41, 5.74) is 0. The average molecular weight is 177 g/mol. The fraction of sp³-hybridized carbons (Fsp3) is 0.857. The maximum atomic E-state index is 10.2. The van der Waals surface area contributed by atoms with E-state index in [4.69, 9.17) is 5.11 Å². The number of aliphatic hydroxyl groups excluding tert-OH is 1. The third-order valence-electron chi connectivity index (χ3n) is 1.31. The van der Waals surface area contributed by atoms with Gasteiger partial charge < -0.3 is 5.11 Å². The van der Waals surface area contributed by atoms with Crippen LogP contribution in [0, 0.1) is 5.92 Å². The van der Waals surface area contributed by atoms with Crippen LogP contribution < -0.4 is 0 Å². The van der Waals surface area contributed by atoms with Gasteiger partial charge in [0.2, 0.25) is 5.17 Å². The molecule has 1 N–H and O–H groups in total. The van der Waals surface area contributed by atoms with Crippen LogP contribution in [0.2, 0.25) is 0 Å². The van der Waals surface area contributed by atoms with Gasteiger partial charge in [0.05, 0.1) is 0 Å². The highest BCUT2D eigenvalue weighted by Crippen LogP contribution is 1.97. The van der Waals surface area contributed by atoms with Crippen molar-refractivity contribution in [3.05, 3.63) is 0 Å². The van der Waals surface area contributed by atoms with Gasteiger partial charge in [-0.3, -0.25) is 0 Å². The molecule has 0 rings (SSSR count). The van der Waals surface area contributed by atoms with Crippen LogP contribution >= 0.6 is 0 Å². The zero-order valence-corrected chi connectivity index (χ0v) is 8.02. The predicted molar refractivity (Wildman–Crippen MR) is 47.9 cm³/mol. The molecule has 0 amide bonds. The lowest BCUT2D eigenvalue weighted by Crippen LogP contribution is -2.33. The molecule has 3 nitrogen and oxygen atoms in total. The van der Waals surface area contributed by atoms with Crippen molar-refractivity contribution in [1.82, 2.24) is 4.90 Å². The normalized spacial score (nSPS) is 10.7. The van der Waals surface area contributed by atoms with Crippen LogP contribution in [-0.2, 0) is 11.3 Å². The van der Waals surface area contributed by atoms with E-state index in [1.165, 1.54) is 0 Å². The quantitative estimate of drug-likeness (QED) is 0.649. The van der Waals surface area contributed by atoms with Crippen molar-refractivity contribution in [1.29, 1.82) is 0 Å². The third kappa shape index (κ3) is 4.29. The first kappa shape index (κ1) is 10.8. The van der Waals surface area contributed by atoms with Gasteiger partial charge in [0, 0.05) is 13.1 Å². The van der Waals surface area contributed by atoms with E-state index < -0.39 is 0 Å². The van der Waals surface area contributed by atoms with E-state index in [0.717, 1.165) is 6.54 Å². The molecule has 66 valence electrons. The van der Waals surface area contributed by atoms with Gasteiger partial charge in [0.25, 0.3) is 0 Å². The summed E-state index contributed by atoms with van der Waals surface area (Å²) in [5.74, 6) is 0.462. The largest absolute Gasteiger partial charge is 0.340 e. The molecule has 0 aliphatic carbocycles. The Morgan fingerprint density at radius 1 is 1.64 bits per heavy atom. The molecule has 0 saturated heterocycles. The first-order valence-electron chi connectivity index (χ1n) is 3.72. The minimum absolute atomic E-state index is 0.124. The standard InChI is InChI=1S/C7H15NO2S/c1-4-8(5-6(2)3)7(9)11-10/h6,9H,4-5H2,1-3H3. The lowest BCUT2D eigenvalue weighted by Gasteiger charge is -2.18. The molecule has 0 spiro atoms. The molecule has 0 aliphatic heterocycles. The van der Waals surface area contributed by atoms with Gasteiger partial charge in [-0.25, -0.2) is 9.11 Å². The molecule has 0 heterocycles. The van der Waals surface area contributed by atoms with Crippen molar-refractivity contribution >= 4 is 16.4 Å². The molecule has 0 radical (unpaired) electrons. The van der Waals surface area contributed by atoms with Crippen molar-refractivity contribution in [2.75, 3.05) is 13.1 Å². The second-order valence-corrected chi connectivity index (χ2v) is 3.33. The van der Waals surface area contributed by atoms with Gasteiger partial charge >= 0.3 is 0 Å². The Bertz CT molecular complexity index is 164. The van der Waals surface area contributed by atoms with E-state index >= 15 is 0 Å². The van der Waals surface area contributed by atoms with Crippen molar-refractivity contribution < 1.29 is 9.32 Å². The second-order valence-electron chi connectivity index (χ2n) is 2.80. The predicted octanol–water partition coefficient (Wildman–Crippen LogP) is 0.823. The van der Waals surface area contributed by atoms with Gasteiger partial charge in [0.15, 0.2) is 0 Å². The summed E-state index contributed by atoms with van der Waals surface area (Å²) in [6.07, 6.45) is 0. The summed E-state index contributed by atoms with van der Waals surface area (Å²) in [4.78, 5) is 1.67. The fourth-order valence-corrected chi connectivity index (χ4v) is 1.14. The number of nitrogens with zero attached hydrogens (tertiary/aromatic N) is 1. The highest BCUT2D eigenvalue weighted by Gasteiger charge is 2.08. The highest BCUT2D eigenvalue weighted by atomic mass is 32.1. The molecule has 11 heavy (non-hydrogen) atoms. The highest BCUT2D eigenvalue weighted by molar-refractivity contribution is 7.65. The molecular formula is C7H15NO2S. The molecule has 0 atom stereocenters. The van der Waals surface area contributed by atoms with Crippen LogP contribution in [0.1, 0.15) is 20.8 Å². The lowest BCUT2D eigenvalue weighted by molar-refractivity contribution is 0.323. The molecule has 0 saturated carbocycles. The maximum absolute atomic E-state index is 10.2. The maximum Gasteiger partial charge on any atom is 0.216 e. The summed E-state index contributed by atoms with van der Waals surface area (Å²) in [6.45, 7) is 7.42. The summed E-state index contributed by atoms with van der Waals surface area (Å²) < 4.78 is 10.2. The Morgan fingerprint density at radius 2 is 2.18 bits per heavy atom. The van der Waals surface area contributed by atoms with Gasteiger partial charge in [0.1, 0.15) is 11.3 Å². The fourth-order valence-electron chi connectivity index (χ4n) is 0.836. The van der Waals surface area contributed by atoms with Gasteiger partial charge in [-0.1, -0.05) is 20.8 Å². The Labute approximate surface area is 71.1 Å². The van der Waals surface area contributed by atoms with Crippen LogP contribution in [0.3, 0.4) is 0 Å². The summed E-state index contributed by atoms with van der Waals surface area (Å²) in [6, 6.07) is 0. The molecule has 0 aromatic rings. The average Bonchev–Trinajstić information content (AvgIpc) is 1.98. The number of hydrogen-bond acceptors (Lipinski definition) is 1. The van der Waals surface area contributed by atoms with Crippen LogP contribution in [0.15, 0.2) is 0 Å².